The van der Waals surface area contributed by atoms with Crippen molar-refractivity contribution in [3.8, 4) is 5.75 Å². The third-order valence-corrected chi connectivity index (χ3v) is 4.60. The van der Waals surface area contributed by atoms with E-state index < -0.39 is 4.92 Å². The Kier molecular flexibility index (Phi) is 5.88. The molecule has 28 heavy (non-hydrogen) atoms. The zero-order valence-electron chi connectivity index (χ0n) is 15.4. The lowest BCUT2D eigenvalue weighted by Gasteiger charge is -2.35. The van der Waals surface area contributed by atoms with Crippen molar-refractivity contribution in [1.29, 1.82) is 0 Å². The van der Waals surface area contributed by atoms with Crippen LogP contribution in [0.1, 0.15) is 5.56 Å². The van der Waals surface area contributed by atoms with Crippen LogP contribution in [0.15, 0.2) is 48.5 Å². The van der Waals surface area contributed by atoms with E-state index in [9.17, 15) is 19.3 Å². The number of nitro groups is 1. The van der Waals surface area contributed by atoms with Crippen LogP contribution in [-0.4, -0.2) is 49.0 Å². The maximum Gasteiger partial charge on any atom is 0.311 e. The minimum absolute atomic E-state index is 0.148. The molecule has 1 fully saturated rings. The second kappa shape index (κ2) is 8.51. The summed E-state index contributed by atoms with van der Waals surface area (Å²) in [6.45, 7) is 2.39. The number of hydrogen-bond acceptors (Lipinski definition) is 5. The number of ether oxygens (including phenoxy) is 1. The van der Waals surface area contributed by atoms with E-state index in [1.807, 2.05) is 0 Å². The molecule has 3 rings (SSSR count). The highest BCUT2D eigenvalue weighted by atomic mass is 19.1. The van der Waals surface area contributed by atoms with Gasteiger partial charge in [-0.2, -0.15) is 0 Å². The molecule has 1 saturated heterocycles. The molecule has 0 aromatic heterocycles. The lowest BCUT2D eigenvalue weighted by atomic mass is 10.1. The summed E-state index contributed by atoms with van der Waals surface area (Å²) in [6.07, 6.45) is 2.97. The highest BCUT2D eigenvalue weighted by Crippen LogP contribution is 2.28. The second-order valence-electron chi connectivity index (χ2n) is 6.31. The first-order valence-electron chi connectivity index (χ1n) is 8.78. The molecule has 2 aromatic carbocycles. The van der Waals surface area contributed by atoms with Crippen LogP contribution >= 0.6 is 0 Å². The van der Waals surface area contributed by atoms with Gasteiger partial charge in [-0.15, -0.1) is 0 Å². The van der Waals surface area contributed by atoms with Gasteiger partial charge in [-0.3, -0.25) is 14.9 Å². The van der Waals surface area contributed by atoms with Gasteiger partial charge in [0, 0.05) is 44.0 Å². The van der Waals surface area contributed by atoms with Crippen molar-refractivity contribution < 1.29 is 18.8 Å². The first-order valence-corrected chi connectivity index (χ1v) is 8.78. The Labute approximate surface area is 161 Å². The maximum atomic E-state index is 13.0. The average Bonchev–Trinajstić information content (AvgIpc) is 2.72. The normalized spacial score (nSPS) is 14.4. The molecule has 1 heterocycles. The highest BCUT2D eigenvalue weighted by molar-refractivity contribution is 5.92. The van der Waals surface area contributed by atoms with Crippen LogP contribution in [0.4, 0.5) is 15.8 Å². The summed E-state index contributed by atoms with van der Waals surface area (Å²) in [5.74, 6) is -0.260. The number of rotatable bonds is 5. The van der Waals surface area contributed by atoms with Crippen molar-refractivity contribution in [2.45, 2.75) is 0 Å². The van der Waals surface area contributed by atoms with E-state index in [0.717, 1.165) is 5.69 Å². The summed E-state index contributed by atoms with van der Waals surface area (Å²) < 4.78 is 18.0. The van der Waals surface area contributed by atoms with Crippen molar-refractivity contribution in [3.63, 3.8) is 0 Å². The van der Waals surface area contributed by atoms with Gasteiger partial charge in [-0.05, 0) is 42.0 Å². The molecule has 1 amide bonds. The minimum atomic E-state index is -0.521. The number of piperazine rings is 1. The molecule has 0 atom stereocenters. The van der Waals surface area contributed by atoms with E-state index in [0.29, 0.717) is 31.7 Å². The Morgan fingerprint density at radius 2 is 1.82 bits per heavy atom. The summed E-state index contributed by atoms with van der Waals surface area (Å²) in [4.78, 5) is 26.8. The van der Waals surface area contributed by atoms with E-state index >= 15 is 0 Å². The van der Waals surface area contributed by atoms with Crippen LogP contribution < -0.4 is 9.64 Å². The number of amides is 1. The number of hydrogen-bond donors (Lipinski definition) is 0. The second-order valence-corrected chi connectivity index (χ2v) is 6.31. The van der Waals surface area contributed by atoms with Crippen molar-refractivity contribution in [2.24, 2.45) is 0 Å². The maximum absolute atomic E-state index is 13.0. The smallest absolute Gasteiger partial charge is 0.311 e. The summed E-state index contributed by atoms with van der Waals surface area (Å²) in [7, 11) is 1.37. The van der Waals surface area contributed by atoms with Gasteiger partial charge >= 0.3 is 5.69 Å². The molecule has 0 N–H and O–H groups in total. The number of benzene rings is 2. The lowest BCUT2D eigenvalue weighted by molar-refractivity contribution is -0.385. The molecule has 1 aliphatic heterocycles. The van der Waals surface area contributed by atoms with Gasteiger partial charge in [-0.1, -0.05) is 6.07 Å². The van der Waals surface area contributed by atoms with E-state index in [1.165, 1.54) is 37.5 Å². The number of carbonyl (C=O) groups excluding carboxylic acids is 1. The first-order chi connectivity index (χ1) is 13.5. The summed E-state index contributed by atoms with van der Waals surface area (Å²) >= 11 is 0. The number of anilines is 1. The Hall–Kier alpha value is -3.42. The Morgan fingerprint density at radius 3 is 2.43 bits per heavy atom. The van der Waals surface area contributed by atoms with E-state index in [1.54, 1.807) is 29.2 Å². The number of carbonyl (C=O) groups is 1. The minimum Gasteiger partial charge on any atom is -0.490 e. The Balaban J connectivity index is 1.60. The molecule has 0 bridgehead atoms. The fourth-order valence-corrected chi connectivity index (χ4v) is 3.06. The Bertz CT molecular complexity index is 891. The van der Waals surface area contributed by atoms with Crippen molar-refractivity contribution in [3.05, 3.63) is 70.0 Å². The third-order valence-electron chi connectivity index (χ3n) is 4.60. The monoisotopic (exact) mass is 385 g/mol. The molecule has 1 aliphatic rings. The van der Waals surface area contributed by atoms with E-state index in [2.05, 4.69) is 4.90 Å². The zero-order chi connectivity index (χ0) is 20.1. The predicted molar refractivity (Wildman–Crippen MR) is 104 cm³/mol. The van der Waals surface area contributed by atoms with Gasteiger partial charge in [-0.25, -0.2) is 4.39 Å². The van der Waals surface area contributed by atoms with E-state index in [-0.39, 0.29) is 23.2 Å². The number of halogens is 1. The van der Waals surface area contributed by atoms with Gasteiger partial charge < -0.3 is 14.5 Å². The highest BCUT2D eigenvalue weighted by Gasteiger charge is 2.20. The molecule has 0 saturated carbocycles. The van der Waals surface area contributed by atoms with Gasteiger partial charge in [0.25, 0.3) is 0 Å². The summed E-state index contributed by atoms with van der Waals surface area (Å²) in [5.41, 5.74) is 1.32. The summed E-state index contributed by atoms with van der Waals surface area (Å²) in [5, 5.41) is 11.1. The average molecular weight is 385 g/mol. The molecular weight excluding hydrogens is 365 g/mol. The van der Waals surface area contributed by atoms with Gasteiger partial charge in [0.15, 0.2) is 5.75 Å². The first kappa shape index (κ1) is 19.3. The van der Waals surface area contributed by atoms with Crippen molar-refractivity contribution in [2.75, 3.05) is 38.2 Å². The summed E-state index contributed by atoms with van der Waals surface area (Å²) in [6, 6.07) is 10.8. The zero-order valence-corrected chi connectivity index (χ0v) is 15.4. The molecule has 2 aromatic rings. The van der Waals surface area contributed by atoms with Crippen LogP contribution in [0.2, 0.25) is 0 Å². The largest absolute Gasteiger partial charge is 0.490 e. The number of nitrogens with zero attached hydrogens (tertiary/aromatic N) is 3. The van der Waals surface area contributed by atoms with E-state index in [4.69, 9.17) is 4.74 Å². The number of nitro benzene ring substituents is 1. The number of methoxy groups -OCH3 is 1. The van der Waals surface area contributed by atoms with Crippen LogP contribution in [0.3, 0.4) is 0 Å². The fraction of sp³-hybridized carbons (Fsp3) is 0.250. The fourth-order valence-electron chi connectivity index (χ4n) is 3.06. The molecule has 7 nitrogen and oxygen atoms in total. The molecule has 0 spiro atoms. The topological polar surface area (TPSA) is 75.9 Å². The molecule has 8 heteroatoms. The molecule has 0 radical (unpaired) electrons. The lowest BCUT2D eigenvalue weighted by Crippen LogP contribution is -2.48. The molecule has 0 unspecified atom stereocenters. The molecule has 0 aliphatic carbocycles. The quantitative estimate of drug-likeness (QED) is 0.449. The van der Waals surface area contributed by atoms with Gasteiger partial charge in [0.1, 0.15) is 5.82 Å². The predicted octanol–water partition coefficient (Wildman–Crippen LogP) is 3.10. The van der Waals surface area contributed by atoms with Crippen LogP contribution in [0.25, 0.3) is 6.08 Å². The SMILES string of the molecule is COc1ccc(/C=C/C(=O)N2CCN(c3ccc(F)cc3)CC2)cc1[N+](=O)[O-]. The standard InChI is InChI=1S/C20H20FN3O4/c1-28-19-8-2-15(14-18(19)24(26)27)3-9-20(25)23-12-10-22(11-13-23)17-6-4-16(21)5-7-17/h2-9,14H,10-13H2,1H3/b9-3+. The molecule has 146 valence electrons. The van der Waals surface area contributed by atoms with Crippen LogP contribution in [0.5, 0.6) is 5.75 Å². The van der Waals surface area contributed by atoms with Crippen LogP contribution in [-0.2, 0) is 4.79 Å². The van der Waals surface area contributed by atoms with Gasteiger partial charge in [0.05, 0.1) is 12.0 Å². The third kappa shape index (κ3) is 4.46. The van der Waals surface area contributed by atoms with Crippen molar-refractivity contribution >= 4 is 23.4 Å². The Morgan fingerprint density at radius 1 is 1.14 bits per heavy atom. The van der Waals surface area contributed by atoms with Gasteiger partial charge in [0.2, 0.25) is 5.91 Å². The molecular formula is C20H20FN3O4. The van der Waals surface area contributed by atoms with Crippen molar-refractivity contribution in [1.82, 2.24) is 4.90 Å². The van der Waals surface area contributed by atoms with Crippen LogP contribution in [0, 0.1) is 15.9 Å².